The van der Waals surface area contributed by atoms with Crippen LogP contribution < -0.4 is 5.32 Å². The third-order valence-electron chi connectivity index (χ3n) is 3.29. The summed E-state index contributed by atoms with van der Waals surface area (Å²) in [5.74, 6) is 0.530. The third-order valence-corrected chi connectivity index (χ3v) is 3.52. The van der Waals surface area contributed by atoms with Gasteiger partial charge in [-0.1, -0.05) is 23.7 Å². The number of halogens is 1. The number of ether oxygens (including phenoxy) is 1. The Kier molecular flexibility index (Phi) is 4.31. The molecule has 2 atom stereocenters. The maximum Gasteiger partial charge on any atom is 0.0866 e. The summed E-state index contributed by atoms with van der Waals surface area (Å²) in [6, 6.07) is 8.02. The Hall–Kier alpha value is -0.570. The van der Waals surface area contributed by atoms with Crippen LogP contribution in [0.1, 0.15) is 38.9 Å². The van der Waals surface area contributed by atoms with Crippen LogP contribution in [0, 0.1) is 5.92 Å². The second-order valence-electron chi connectivity index (χ2n) is 6.03. The van der Waals surface area contributed by atoms with E-state index in [2.05, 4.69) is 32.2 Å². The van der Waals surface area contributed by atoms with Crippen LogP contribution in [-0.2, 0) is 4.74 Å². The molecule has 1 aliphatic heterocycles. The number of rotatable bonds is 3. The topological polar surface area (TPSA) is 21.3 Å². The van der Waals surface area contributed by atoms with Crippen LogP contribution in [0.5, 0.6) is 0 Å². The molecule has 0 spiro atoms. The quantitative estimate of drug-likeness (QED) is 0.899. The molecular formula is C15H22ClNO. The number of nitrogens with one attached hydrogen (secondary N) is 1. The van der Waals surface area contributed by atoms with E-state index in [9.17, 15) is 0 Å². The van der Waals surface area contributed by atoms with Crippen molar-refractivity contribution >= 4 is 11.6 Å². The second-order valence-corrected chi connectivity index (χ2v) is 6.46. The first kappa shape index (κ1) is 13.9. The maximum atomic E-state index is 6.05. The van der Waals surface area contributed by atoms with Crippen molar-refractivity contribution in [3.05, 3.63) is 34.9 Å². The lowest BCUT2D eigenvalue weighted by Crippen LogP contribution is -2.39. The Morgan fingerprint density at radius 1 is 1.39 bits per heavy atom. The lowest BCUT2D eigenvalue weighted by molar-refractivity contribution is 0.0889. The van der Waals surface area contributed by atoms with E-state index < -0.39 is 0 Å². The Morgan fingerprint density at radius 2 is 2.17 bits per heavy atom. The van der Waals surface area contributed by atoms with E-state index in [1.807, 2.05) is 18.2 Å². The first-order valence-electron chi connectivity index (χ1n) is 6.58. The van der Waals surface area contributed by atoms with Gasteiger partial charge in [0.05, 0.1) is 6.10 Å². The molecule has 1 aromatic rings. The van der Waals surface area contributed by atoms with Crippen LogP contribution >= 0.6 is 11.6 Å². The monoisotopic (exact) mass is 267 g/mol. The SMILES string of the molecule is CC(C)(C)NCC1CCOC1c1cccc(Cl)c1. The normalized spacial score (nSPS) is 24.4. The molecule has 2 rings (SSSR count). The van der Waals surface area contributed by atoms with Gasteiger partial charge in [0, 0.05) is 29.6 Å². The molecule has 2 unspecified atom stereocenters. The highest BCUT2D eigenvalue weighted by Gasteiger charge is 2.30. The minimum atomic E-state index is 0.154. The van der Waals surface area contributed by atoms with Crippen LogP contribution in [-0.4, -0.2) is 18.7 Å². The van der Waals surface area contributed by atoms with Gasteiger partial charge in [-0.15, -0.1) is 0 Å². The van der Waals surface area contributed by atoms with Gasteiger partial charge >= 0.3 is 0 Å². The summed E-state index contributed by atoms with van der Waals surface area (Å²) in [6.07, 6.45) is 1.29. The summed E-state index contributed by atoms with van der Waals surface area (Å²) in [5.41, 5.74) is 1.35. The van der Waals surface area contributed by atoms with Crippen molar-refractivity contribution in [2.75, 3.05) is 13.2 Å². The van der Waals surface area contributed by atoms with E-state index in [1.165, 1.54) is 5.56 Å². The van der Waals surface area contributed by atoms with Crippen LogP contribution in [0.4, 0.5) is 0 Å². The lowest BCUT2D eigenvalue weighted by atomic mass is 9.94. The van der Waals surface area contributed by atoms with Crippen LogP contribution in [0.15, 0.2) is 24.3 Å². The van der Waals surface area contributed by atoms with Gasteiger partial charge in [-0.05, 0) is 44.9 Å². The van der Waals surface area contributed by atoms with Crippen molar-refractivity contribution in [3.8, 4) is 0 Å². The molecule has 1 aromatic carbocycles. The van der Waals surface area contributed by atoms with E-state index >= 15 is 0 Å². The fourth-order valence-electron chi connectivity index (χ4n) is 2.33. The minimum Gasteiger partial charge on any atom is -0.373 e. The molecule has 2 nitrogen and oxygen atoms in total. The molecule has 1 aliphatic rings. The molecule has 1 saturated heterocycles. The molecule has 1 heterocycles. The molecule has 100 valence electrons. The number of hydrogen-bond acceptors (Lipinski definition) is 2. The van der Waals surface area contributed by atoms with Crippen molar-refractivity contribution in [1.82, 2.24) is 5.32 Å². The molecule has 18 heavy (non-hydrogen) atoms. The van der Waals surface area contributed by atoms with Crippen molar-refractivity contribution in [1.29, 1.82) is 0 Å². The smallest absolute Gasteiger partial charge is 0.0866 e. The fraction of sp³-hybridized carbons (Fsp3) is 0.600. The summed E-state index contributed by atoms with van der Waals surface area (Å²) in [7, 11) is 0. The van der Waals surface area contributed by atoms with E-state index in [1.54, 1.807) is 0 Å². The van der Waals surface area contributed by atoms with E-state index in [4.69, 9.17) is 16.3 Å². The largest absolute Gasteiger partial charge is 0.373 e. The Morgan fingerprint density at radius 3 is 2.83 bits per heavy atom. The van der Waals surface area contributed by atoms with Gasteiger partial charge in [0.1, 0.15) is 0 Å². The van der Waals surface area contributed by atoms with Gasteiger partial charge in [0.2, 0.25) is 0 Å². The molecule has 1 N–H and O–H groups in total. The molecular weight excluding hydrogens is 246 g/mol. The van der Waals surface area contributed by atoms with Crippen molar-refractivity contribution in [2.45, 2.75) is 38.8 Å². The van der Waals surface area contributed by atoms with E-state index in [-0.39, 0.29) is 11.6 Å². The van der Waals surface area contributed by atoms with Crippen molar-refractivity contribution in [2.24, 2.45) is 5.92 Å². The van der Waals surface area contributed by atoms with Gasteiger partial charge in [-0.2, -0.15) is 0 Å². The van der Waals surface area contributed by atoms with Crippen molar-refractivity contribution in [3.63, 3.8) is 0 Å². The molecule has 1 fully saturated rings. The summed E-state index contributed by atoms with van der Waals surface area (Å²) in [4.78, 5) is 0. The Balaban J connectivity index is 2.03. The first-order chi connectivity index (χ1) is 8.46. The highest BCUT2D eigenvalue weighted by molar-refractivity contribution is 6.30. The standard InChI is InChI=1S/C15H22ClNO/c1-15(2,3)17-10-12-7-8-18-14(12)11-5-4-6-13(16)9-11/h4-6,9,12,14,17H,7-8,10H2,1-3H3. The highest BCUT2D eigenvalue weighted by atomic mass is 35.5. The third kappa shape index (κ3) is 3.71. The molecule has 0 radical (unpaired) electrons. The average molecular weight is 268 g/mol. The average Bonchev–Trinajstić information content (AvgIpc) is 2.73. The zero-order chi connectivity index (χ0) is 13.2. The molecule has 0 bridgehead atoms. The molecule has 3 heteroatoms. The van der Waals surface area contributed by atoms with E-state index in [0.29, 0.717) is 5.92 Å². The number of benzene rings is 1. The Bertz CT molecular complexity index is 400. The fourth-order valence-corrected chi connectivity index (χ4v) is 2.53. The predicted molar refractivity (Wildman–Crippen MR) is 76.0 cm³/mol. The first-order valence-corrected chi connectivity index (χ1v) is 6.95. The number of hydrogen-bond donors (Lipinski definition) is 1. The lowest BCUT2D eigenvalue weighted by Gasteiger charge is -2.26. The Labute approximate surface area is 115 Å². The van der Waals surface area contributed by atoms with Gasteiger partial charge < -0.3 is 10.1 Å². The van der Waals surface area contributed by atoms with Gasteiger partial charge in [0.25, 0.3) is 0 Å². The second kappa shape index (κ2) is 5.60. The summed E-state index contributed by atoms with van der Waals surface area (Å²) >= 11 is 6.05. The highest BCUT2D eigenvalue weighted by Crippen LogP contribution is 2.35. The molecule has 0 aliphatic carbocycles. The molecule has 0 aromatic heterocycles. The van der Waals surface area contributed by atoms with E-state index in [0.717, 1.165) is 24.6 Å². The van der Waals surface area contributed by atoms with Crippen LogP contribution in [0.2, 0.25) is 5.02 Å². The predicted octanol–water partition coefficient (Wildman–Crippen LogP) is 3.81. The van der Waals surface area contributed by atoms with Gasteiger partial charge in [-0.3, -0.25) is 0 Å². The summed E-state index contributed by atoms with van der Waals surface area (Å²) < 4.78 is 5.87. The summed E-state index contributed by atoms with van der Waals surface area (Å²) in [5, 5.41) is 4.35. The van der Waals surface area contributed by atoms with Crippen LogP contribution in [0.3, 0.4) is 0 Å². The van der Waals surface area contributed by atoms with Crippen LogP contribution in [0.25, 0.3) is 0 Å². The molecule has 0 amide bonds. The van der Waals surface area contributed by atoms with Gasteiger partial charge in [0.15, 0.2) is 0 Å². The zero-order valence-electron chi connectivity index (χ0n) is 11.4. The van der Waals surface area contributed by atoms with Gasteiger partial charge in [-0.25, -0.2) is 0 Å². The minimum absolute atomic E-state index is 0.154. The zero-order valence-corrected chi connectivity index (χ0v) is 12.1. The maximum absolute atomic E-state index is 6.05. The van der Waals surface area contributed by atoms with Crippen molar-refractivity contribution < 1.29 is 4.74 Å². The summed E-state index contributed by atoms with van der Waals surface area (Å²) in [6.45, 7) is 8.40. The molecule has 0 saturated carbocycles.